The molecule has 2 aromatic carbocycles. The van der Waals surface area contributed by atoms with Crippen molar-refractivity contribution in [2.45, 2.75) is 53.1 Å². The molecule has 0 fully saturated rings. The van der Waals surface area contributed by atoms with Gasteiger partial charge in [-0.1, -0.05) is 38.1 Å². The van der Waals surface area contributed by atoms with Crippen molar-refractivity contribution in [2.75, 3.05) is 18.5 Å². The van der Waals surface area contributed by atoms with Gasteiger partial charge < -0.3 is 19.5 Å². The van der Waals surface area contributed by atoms with Crippen molar-refractivity contribution in [1.82, 2.24) is 9.47 Å². The van der Waals surface area contributed by atoms with E-state index < -0.39 is 17.7 Å². The number of aromatic nitrogens is 1. The Labute approximate surface area is 216 Å². The van der Waals surface area contributed by atoms with E-state index in [1.165, 1.54) is 11.8 Å². The first-order chi connectivity index (χ1) is 17.9. The van der Waals surface area contributed by atoms with E-state index in [0.29, 0.717) is 36.1 Å². The van der Waals surface area contributed by atoms with Crippen LogP contribution in [0.1, 0.15) is 55.1 Å². The maximum atomic E-state index is 13.5. The molecule has 2 heterocycles. The molecule has 0 bridgehead atoms. The molecule has 0 aliphatic carbocycles. The molecule has 4 rings (SSSR count). The molecule has 1 N–H and O–H groups in total. The number of amides is 2. The predicted octanol–water partition coefficient (Wildman–Crippen LogP) is 4.35. The average molecular weight is 504 g/mol. The smallest absolute Gasteiger partial charge is 0.325 e. The van der Waals surface area contributed by atoms with Gasteiger partial charge in [0.05, 0.1) is 12.2 Å². The number of nitrogens with one attached hydrogen (secondary N) is 1. The minimum absolute atomic E-state index is 0.0914. The molecule has 3 aromatic rings. The second-order valence-electron chi connectivity index (χ2n) is 9.28. The molecule has 1 aliphatic heterocycles. The van der Waals surface area contributed by atoms with Crippen molar-refractivity contribution in [3.63, 3.8) is 0 Å². The van der Waals surface area contributed by atoms with Gasteiger partial charge in [-0.2, -0.15) is 0 Å². The molecule has 0 atom stereocenters. The summed E-state index contributed by atoms with van der Waals surface area (Å²) in [5.41, 5.74) is 3.55. The van der Waals surface area contributed by atoms with Gasteiger partial charge in [-0.05, 0) is 55.5 Å². The Bertz CT molecular complexity index is 1340. The number of ether oxygens (including phenoxy) is 1. The number of Topliss-reactive ketones (excluding diaryl/α,β-unsaturated/α-hetero) is 1. The molecule has 8 heteroatoms. The average Bonchev–Trinajstić information content (AvgIpc) is 3.25. The molecule has 0 saturated heterocycles. The molecule has 0 radical (unpaired) electrons. The van der Waals surface area contributed by atoms with E-state index in [2.05, 4.69) is 5.32 Å². The molecule has 1 aliphatic rings. The molecular weight excluding hydrogens is 470 g/mol. The summed E-state index contributed by atoms with van der Waals surface area (Å²) >= 11 is 0. The Balaban J connectivity index is 1.67. The maximum absolute atomic E-state index is 13.5. The molecule has 0 spiro atoms. The third kappa shape index (κ3) is 5.58. The second kappa shape index (κ2) is 11.4. The SMILES string of the molecule is CCOC(=O)Cn1cc(C(=O)C(=O)N2CCc3ccccc3C2)c2cc(NC(=O)C(CC)CC)ccc21. The maximum Gasteiger partial charge on any atom is 0.325 e. The van der Waals surface area contributed by atoms with Crippen molar-refractivity contribution < 1.29 is 23.9 Å². The quantitative estimate of drug-likeness (QED) is 0.266. The normalized spacial score (nSPS) is 12.9. The van der Waals surface area contributed by atoms with Crippen molar-refractivity contribution in [1.29, 1.82) is 0 Å². The third-order valence-electron chi connectivity index (χ3n) is 6.97. The molecular formula is C29H33N3O5. The summed E-state index contributed by atoms with van der Waals surface area (Å²) in [4.78, 5) is 53.3. The first-order valence-electron chi connectivity index (χ1n) is 12.9. The van der Waals surface area contributed by atoms with Crippen LogP contribution in [0.3, 0.4) is 0 Å². The minimum Gasteiger partial charge on any atom is -0.465 e. The fourth-order valence-corrected chi connectivity index (χ4v) is 4.86. The number of hydrogen-bond donors (Lipinski definition) is 1. The first-order valence-corrected chi connectivity index (χ1v) is 12.9. The molecule has 2 amide bonds. The second-order valence-corrected chi connectivity index (χ2v) is 9.28. The van der Waals surface area contributed by atoms with Gasteiger partial charge in [0, 0.05) is 41.8 Å². The van der Waals surface area contributed by atoms with Crippen molar-refractivity contribution >= 4 is 40.2 Å². The van der Waals surface area contributed by atoms with Gasteiger partial charge >= 0.3 is 5.97 Å². The standard InChI is InChI=1S/C29H33N3O5/c1-4-19(5-2)28(35)30-22-11-12-25-23(15-22)24(17-32(25)18-26(33)37-6-3)27(34)29(36)31-14-13-20-9-7-8-10-21(20)16-31/h7-12,15,17,19H,4-6,13-14,16,18H2,1-3H3,(H,30,35). The summed E-state index contributed by atoms with van der Waals surface area (Å²) in [6, 6.07) is 13.1. The number of benzene rings is 2. The lowest BCUT2D eigenvalue weighted by molar-refractivity contribution is -0.143. The lowest BCUT2D eigenvalue weighted by Crippen LogP contribution is -2.40. The lowest BCUT2D eigenvalue weighted by Gasteiger charge is -2.28. The van der Waals surface area contributed by atoms with Crippen LogP contribution in [0, 0.1) is 5.92 Å². The molecule has 0 unspecified atom stereocenters. The van der Waals surface area contributed by atoms with Gasteiger partial charge in [0.1, 0.15) is 6.54 Å². The number of ketones is 1. The molecule has 1 aromatic heterocycles. The van der Waals surface area contributed by atoms with E-state index in [-0.39, 0.29) is 30.5 Å². The van der Waals surface area contributed by atoms with Crippen molar-refractivity contribution in [2.24, 2.45) is 5.92 Å². The zero-order valence-corrected chi connectivity index (χ0v) is 21.6. The van der Waals surface area contributed by atoms with Crippen LogP contribution in [0.2, 0.25) is 0 Å². The van der Waals surface area contributed by atoms with E-state index in [1.54, 1.807) is 34.6 Å². The Morgan fingerprint density at radius 1 is 1.00 bits per heavy atom. The largest absolute Gasteiger partial charge is 0.465 e. The fraction of sp³-hybridized carbons (Fsp3) is 0.379. The minimum atomic E-state index is -0.643. The van der Waals surface area contributed by atoms with E-state index in [9.17, 15) is 19.2 Å². The van der Waals surface area contributed by atoms with Gasteiger partial charge in [-0.3, -0.25) is 19.2 Å². The molecule has 37 heavy (non-hydrogen) atoms. The fourth-order valence-electron chi connectivity index (χ4n) is 4.86. The van der Waals surface area contributed by atoms with Crippen LogP contribution in [-0.2, 0) is 38.6 Å². The Morgan fingerprint density at radius 2 is 1.73 bits per heavy atom. The van der Waals surface area contributed by atoms with E-state index in [0.717, 1.165) is 18.4 Å². The number of carbonyl (C=O) groups is 4. The Hall–Kier alpha value is -3.94. The monoisotopic (exact) mass is 503 g/mol. The summed E-state index contributed by atoms with van der Waals surface area (Å²) in [6.07, 6.45) is 3.66. The lowest BCUT2D eigenvalue weighted by atomic mass is 9.99. The highest BCUT2D eigenvalue weighted by Gasteiger charge is 2.29. The number of carbonyl (C=O) groups excluding carboxylic acids is 4. The molecule has 194 valence electrons. The number of anilines is 1. The van der Waals surface area contributed by atoms with Crippen LogP contribution >= 0.6 is 0 Å². The van der Waals surface area contributed by atoms with Crippen LogP contribution in [-0.4, -0.2) is 46.2 Å². The highest BCUT2D eigenvalue weighted by atomic mass is 16.5. The first kappa shape index (κ1) is 26.1. The van der Waals surface area contributed by atoms with Crippen LogP contribution in [0.25, 0.3) is 10.9 Å². The van der Waals surface area contributed by atoms with Crippen LogP contribution in [0.15, 0.2) is 48.7 Å². The van der Waals surface area contributed by atoms with Crippen molar-refractivity contribution in [3.8, 4) is 0 Å². The third-order valence-corrected chi connectivity index (χ3v) is 6.97. The highest BCUT2D eigenvalue weighted by Crippen LogP contribution is 2.28. The summed E-state index contributed by atoms with van der Waals surface area (Å²) in [6.45, 7) is 6.64. The Kier molecular flexibility index (Phi) is 8.06. The van der Waals surface area contributed by atoms with E-state index in [4.69, 9.17) is 4.74 Å². The summed E-state index contributed by atoms with van der Waals surface area (Å²) in [7, 11) is 0. The van der Waals surface area contributed by atoms with E-state index >= 15 is 0 Å². The van der Waals surface area contributed by atoms with E-state index in [1.807, 2.05) is 38.1 Å². The number of hydrogen-bond acceptors (Lipinski definition) is 5. The number of esters is 1. The van der Waals surface area contributed by atoms with Gasteiger partial charge in [-0.25, -0.2) is 0 Å². The summed E-state index contributed by atoms with van der Waals surface area (Å²) < 4.78 is 6.71. The summed E-state index contributed by atoms with van der Waals surface area (Å²) in [5.74, 6) is -1.88. The van der Waals surface area contributed by atoms with Gasteiger partial charge in [0.25, 0.3) is 11.7 Å². The zero-order chi connectivity index (χ0) is 26.5. The number of fused-ring (bicyclic) bond motifs is 2. The number of rotatable bonds is 9. The van der Waals surface area contributed by atoms with Crippen molar-refractivity contribution in [3.05, 3.63) is 65.4 Å². The Morgan fingerprint density at radius 3 is 2.43 bits per heavy atom. The van der Waals surface area contributed by atoms with Crippen LogP contribution in [0.5, 0.6) is 0 Å². The zero-order valence-electron chi connectivity index (χ0n) is 21.6. The topological polar surface area (TPSA) is 97.7 Å². The predicted molar refractivity (Wildman–Crippen MR) is 141 cm³/mol. The van der Waals surface area contributed by atoms with Crippen LogP contribution < -0.4 is 5.32 Å². The summed E-state index contributed by atoms with van der Waals surface area (Å²) in [5, 5.41) is 3.43. The van der Waals surface area contributed by atoms with Gasteiger partial charge in [0.2, 0.25) is 5.91 Å². The van der Waals surface area contributed by atoms with Gasteiger partial charge in [-0.15, -0.1) is 0 Å². The highest BCUT2D eigenvalue weighted by molar-refractivity contribution is 6.45. The molecule has 0 saturated carbocycles. The van der Waals surface area contributed by atoms with Gasteiger partial charge in [0.15, 0.2) is 0 Å². The molecule has 8 nitrogen and oxygen atoms in total. The van der Waals surface area contributed by atoms with Crippen LogP contribution in [0.4, 0.5) is 5.69 Å². The number of nitrogens with zero attached hydrogens (tertiary/aromatic N) is 2.